The highest BCUT2D eigenvalue weighted by molar-refractivity contribution is 6.30. The van der Waals surface area contributed by atoms with E-state index < -0.39 is 45.6 Å². The number of nitrogens with one attached hydrogen (secondary N) is 1. The third kappa shape index (κ3) is 2.85. The second-order valence-corrected chi connectivity index (χ2v) is 5.79. The first-order valence-corrected chi connectivity index (χ1v) is 6.82. The summed E-state index contributed by atoms with van der Waals surface area (Å²) >= 11 is 5.42. The number of aliphatic carboxylic acids is 1. The summed E-state index contributed by atoms with van der Waals surface area (Å²) in [6.45, 7) is 1.53. The molecule has 0 bridgehead atoms. The van der Waals surface area contributed by atoms with Crippen molar-refractivity contribution in [2.24, 2.45) is 5.41 Å². The first-order chi connectivity index (χ1) is 9.75. The fourth-order valence-electron chi connectivity index (χ4n) is 2.59. The SMILES string of the molecule is CC1(C(=O)O)CCCC1NC(=O)c1cc(F)c(Cl)cc1F. The number of carboxylic acids is 1. The minimum absolute atomic E-state index is 0.416. The lowest BCUT2D eigenvalue weighted by molar-refractivity contribution is -0.148. The van der Waals surface area contributed by atoms with Gasteiger partial charge in [0.05, 0.1) is 16.0 Å². The number of rotatable bonds is 3. The van der Waals surface area contributed by atoms with E-state index in [1.807, 2.05) is 0 Å². The Morgan fingerprint density at radius 3 is 2.67 bits per heavy atom. The molecule has 114 valence electrons. The van der Waals surface area contributed by atoms with Crippen LogP contribution in [-0.4, -0.2) is 23.0 Å². The molecule has 1 amide bonds. The molecule has 1 aliphatic carbocycles. The van der Waals surface area contributed by atoms with Crippen LogP contribution in [0.2, 0.25) is 5.02 Å². The second kappa shape index (κ2) is 5.60. The minimum atomic E-state index is -1.10. The topological polar surface area (TPSA) is 66.4 Å². The monoisotopic (exact) mass is 317 g/mol. The number of carbonyl (C=O) groups excluding carboxylic acids is 1. The van der Waals surface area contributed by atoms with Crippen molar-refractivity contribution in [3.63, 3.8) is 0 Å². The van der Waals surface area contributed by atoms with Crippen molar-refractivity contribution in [1.82, 2.24) is 5.32 Å². The predicted octanol–water partition coefficient (Wildman–Crippen LogP) is 2.99. The second-order valence-electron chi connectivity index (χ2n) is 5.39. The molecule has 4 nitrogen and oxygen atoms in total. The van der Waals surface area contributed by atoms with Gasteiger partial charge in [-0.25, -0.2) is 8.78 Å². The number of carbonyl (C=O) groups is 2. The molecule has 2 unspecified atom stereocenters. The Morgan fingerprint density at radius 1 is 1.38 bits per heavy atom. The van der Waals surface area contributed by atoms with E-state index in [0.717, 1.165) is 6.07 Å². The van der Waals surface area contributed by atoms with Crippen molar-refractivity contribution < 1.29 is 23.5 Å². The van der Waals surface area contributed by atoms with E-state index in [2.05, 4.69) is 5.32 Å². The number of hydrogen-bond acceptors (Lipinski definition) is 2. The van der Waals surface area contributed by atoms with E-state index in [4.69, 9.17) is 11.6 Å². The van der Waals surface area contributed by atoms with E-state index >= 15 is 0 Å². The molecular weight excluding hydrogens is 304 g/mol. The molecule has 7 heteroatoms. The van der Waals surface area contributed by atoms with Gasteiger partial charge >= 0.3 is 5.97 Å². The normalized spacial score (nSPS) is 24.9. The van der Waals surface area contributed by atoms with E-state index in [1.54, 1.807) is 0 Å². The van der Waals surface area contributed by atoms with Crippen LogP contribution in [0, 0.1) is 17.0 Å². The van der Waals surface area contributed by atoms with Crippen LogP contribution in [0.4, 0.5) is 8.78 Å². The van der Waals surface area contributed by atoms with Gasteiger partial charge in [-0.3, -0.25) is 9.59 Å². The average Bonchev–Trinajstić information content (AvgIpc) is 2.76. The molecular formula is C14H14ClF2NO3. The van der Waals surface area contributed by atoms with Gasteiger partial charge in [0, 0.05) is 6.04 Å². The van der Waals surface area contributed by atoms with Crippen LogP contribution in [0.5, 0.6) is 0 Å². The summed E-state index contributed by atoms with van der Waals surface area (Å²) in [5, 5.41) is 11.3. The van der Waals surface area contributed by atoms with Crippen molar-refractivity contribution in [3.05, 3.63) is 34.4 Å². The summed E-state index contributed by atoms with van der Waals surface area (Å²) in [7, 11) is 0. The van der Waals surface area contributed by atoms with Crippen molar-refractivity contribution in [3.8, 4) is 0 Å². The van der Waals surface area contributed by atoms with Gasteiger partial charge in [0.15, 0.2) is 0 Å². The summed E-state index contributed by atoms with van der Waals surface area (Å²) in [6.07, 6.45) is 1.54. The standard InChI is InChI=1S/C14H14ClF2NO3/c1-14(13(20)21)4-2-3-11(14)18-12(19)7-5-10(17)8(15)6-9(7)16/h5-6,11H,2-4H2,1H3,(H,18,19)(H,20,21). The van der Waals surface area contributed by atoms with Gasteiger partial charge in [0.25, 0.3) is 5.91 Å². The molecule has 1 saturated carbocycles. The Kier molecular flexibility index (Phi) is 4.18. The predicted molar refractivity (Wildman–Crippen MR) is 72.2 cm³/mol. The number of carboxylic acid groups (broad SMARTS) is 1. The van der Waals surface area contributed by atoms with Crippen molar-refractivity contribution >= 4 is 23.5 Å². The van der Waals surface area contributed by atoms with E-state index in [-0.39, 0.29) is 0 Å². The maximum atomic E-state index is 13.7. The lowest BCUT2D eigenvalue weighted by atomic mass is 9.85. The van der Waals surface area contributed by atoms with E-state index in [9.17, 15) is 23.5 Å². The molecule has 0 aromatic heterocycles. The van der Waals surface area contributed by atoms with Crippen LogP contribution in [0.25, 0.3) is 0 Å². The molecule has 2 atom stereocenters. The molecule has 0 radical (unpaired) electrons. The Bertz CT molecular complexity index is 608. The third-order valence-electron chi connectivity index (χ3n) is 4.01. The van der Waals surface area contributed by atoms with Crippen LogP contribution in [-0.2, 0) is 4.79 Å². The molecule has 1 aliphatic rings. The molecule has 0 heterocycles. The van der Waals surface area contributed by atoms with Crippen LogP contribution in [0.3, 0.4) is 0 Å². The van der Waals surface area contributed by atoms with Gasteiger partial charge in [-0.05, 0) is 31.9 Å². The Balaban J connectivity index is 2.23. The van der Waals surface area contributed by atoms with Gasteiger partial charge in [0.1, 0.15) is 11.6 Å². The van der Waals surface area contributed by atoms with Crippen LogP contribution < -0.4 is 5.32 Å². The molecule has 1 aromatic carbocycles. The molecule has 1 fully saturated rings. The fourth-order valence-corrected chi connectivity index (χ4v) is 2.74. The summed E-state index contributed by atoms with van der Waals surface area (Å²) in [5.41, 5.74) is -1.59. The Hall–Kier alpha value is -1.69. The zero-order valence-electron chi connectivity index (χ0n) is 11.3. The van der Waals surface area contributed by atoms with Crippen molar-refractivity contribution in [2.45, 2.75) is 32.2 Å². The quantitative estimate of drug-likeness (QED) is 0.842. The van der Waals surface area contributed by atoms with E-state index in [1.165, 1.54) is 6.92 Å². The number of amides is 1. The highest BCUT2D eigenvalue weighted by atomic mass is 35.5. The smallest absolute Gasteiger partial charge is 0.311 e. The van der Waals surface area contributed by atoms with Gasteiger partial charge in [-0.15, -0.1) is 0 Å². The number of benzene rings is 1. The van der Waals surface area contributed by atoms with Gasteiger partial charge in [0.2, 0.25) is 0 Å². The fraction of sp³-hybridized carbons (Fsp3) is 0.429. The summed E-state index contributed by atoms with van der Waals surface area (Å²) in [4.78, 5) is 23.4. The Morgan fingerprint density at radius 2 is 2.05 bits per heavy atom. The maximum Gasteiger partial charge on any atom is 0.311 e. The molecule has 0 saturated heterocycles. The maximum absolute atomic E-state index is 13.7. The van der Waals surface area contributed by atoms with Crippen LogP contribution in [0.1, 0.15) is 36.5 Å². The molecule has 0 spiro atoms. The minimum Gasteiger partial charge on any atom is -0.481 e. The highest BCUT2D eigenvalue weighted by Crippen LogP contribution is 2.38. The summed E-state index contributed by atoms with van der Waals surface area (Å²) < 4.78 is 27.0. The number of halogens is 3. The molecule has 2 N–H and O–H groups in total. The molecule has 21 heavy (non-hydrogen) atoms. The van der Waals surface area contributed by atoms with Gasteiger partial charge in [-0.1, -0.05) is 18.0 Å². The zero-order valence-corrected chi connectivity index (χ0v) is 12.0. The lowest BCUT2D eigenvalue weighted by Gasteiger charge is -2.27. The van der Waals surface area contributed by atoms with Crippen molar-refractivity contribution in [2.75, 3.05) is 0 Å². The van der Waals surface area contributed by atoms with Gasteiger partial charge in [-0.2, -0.15) is 0 Å². The molecule has 0 aliphatic heterocycles. The zero-order chi connectivity index (χ0) is 15.8. The van der Waals surface area contributed by atoms with Gasteiger partial charge < -0.3 is 10.4 Å². The largest absolute Gasteiger partial charge is 0.481 e. The molecule has 2 rings (SSSR count). The van der Waals surface area contributed by atoms with Crippen LogP contribution >= 0.6 is 11.6 Å². The van der Waals surface area contributed by atoms with Crippen LogP contribution in [0.15, 0.2) is 12.1 Å². The van der Waals surface area contributed by atoms with Crippen molar-refractivity contribution in [1.29, 1.82) is 0 Å². The third-order valence-corrected chi connectivity index (χ3v) is 4.30. The lowest BCUT2D eigenvalue weighted by Crippen LogP contribution is -2.47. The average molecular weight is 318 g/mol. The number of hydrogen-bond donors (Lipinski definition) is 2. The Labute approximate surface area is 125 Å². The first-order valence-electron chi connectivity index (χ1n) is 6.44. The van der Waals surface area contributed by atoms with E-state index in [0.29, 0.717) is 25.3 Å². The summed E-state index contributed by atoms with van der Waals surface area (Å²) in [6, 6.07) is 0.803. The summed E-state index contributed by atoms with van der Waals surface area (Å²) in [5.74, 6) is -3.72. The molecule has 1 aromatic rings. The first kappa shape index (κ1) is 15.7. The highest BCUT2D eigenvalue weighted by Gasteiger charge is 2.46.